The number of halogens is 6. The number of aryl methyl sites for hydroxylation is 1. The van der Waals surface area contributed by atoms with Crippen LogP contribution in [0.5, 0.6) is 0 Å². The topological polar surface area (TPSA) is 56.5 Å². The van der Waals surface area contributed by atoms with Crippen LogP contribution >= 0.6 is 46.6 Å². The maximum atomic E-state index is 12.6. The summed E-state index contributed by atoms with van der Waals surface area (Å²) in [6.07, 6.45) is -3.73. The molecule has 1 aromatic carbocycles. The van der Waals surface area contributed by atoms with Crippen molar-refractivity contribution in [3.8, 4) is 11.4 Å². The van der Waals surface area contributed by atoms with Crippen molar-refractivity contribution in [2.45, 2.75) is 17.7 Å². The van der Waals surface area contributed by atoms with Gasteiger partial charge in [0, 0.05) is 17.5 Å². The van der Waals surface area contributed by atoms with Gasteiger partial charge in [0.25, 0.3) is 0 Å². The minimum Gasteiger partial charge on any atom is -0.248 e. The molecule has 0 bridgehead atoms. The normalized spacial score (nSPS) is 11.8. The average Bonchev–Trinajstić information content (AvgIpc) is 3.06. The summed E-state index contributed by atoms with van der Waals surface area (Å²) < 4.78 is 39.5. The summed E-state index contributed by atoms with van der Waals surface area (Å²) in [4.78, 5) is 3.78. The summed E-state index contributed by atoms with van der Waals surface area (Å²) in [6, 6.07) is 5.87. The first-order chi connectivity index (χ1) is 12.8. The van der Waals surface area contributed by atoms with E-state index in [4.69, 9.17) is 34.8 Å². The highest BCUT2D eigenvalue weighted by Crippen LogP contribution is 2.34. The van der Waals surface area contributed by atoms with Crippen LogP contribution in [0.25, 0.3) is 11.4 Å². The molecule has 2 aromatic heterocycles. The Kier molecular flexibility index (Phi) is 6.15. The second-order valence-electron chi connectivity index (χ2n) is 5.21. The molecule has 0 aliphatic heterocycles. The highest BCUT2D eigenvalue weighted by molar-refractivity contribution is 7.99. The fourth-order valence-corrected chi connectivity index (χ4v) is 3.52. The number of hydrogen-bond donors (Lipinski definition) is 0. The molecule has 0 atom stereocenters. The van der Waals surface area contributed by atoms with Gasteiger partial charge in [-0.1, -0.05) is 34.8 Å². The van der Waals surface area contributed by atoms with Crippen LogP contribution in [0.15, 0.2) is 35.5 Å². The van der Waals surface area contributed by atoms with Gasteiger partial charge in [0.15, 0.2) is 5.82 Å². The Morgan fingerprint density at radius 2 is 1.81 bits per heavy atom. The van der Waals surface area contributed by atoms with Crippen LogP contribution in [0.4, 0.5) is 13.2 Å². The van der Waals surface area contributed by atoms with E-state index in [0.29, 0.717) is 38.8 Å². The quantitative estimate of drug-likeness (QED) is 0.476. The van der Waals surface area contributed by atoms with Gasteiger partial charge >= 0.3 is 6.18 Å². The molecule has 3 aromatic rings. The maximum Gasteiger partial charge on any atom is 0.417 e. The molecule has 0 spiro atoms. The molecule has 12 heteroatoms. The molecular weight excluding hydrogens is 446 g/mol. The van der Waals surface area contributed by atoms with Crippen LogP contribution in [0.1, 0.15) is 5.56 Å². The van der Waals surface area contributed by atoms with E-state index in [1.54, 1.807) is 22.9 Å². The van der Waals surface area contributed by atoms with Crippen LogP contribution in [0.2, 0.25) is 15.1 Å². The van der Waals surface area contributed by atoms with Gasteiger partial charge in [0.05, 0.1) is 27.2 Å². The monoisotopic (exact) mass is 453 g/mol. The molecule has 0 fully saturated rings. The third-order valence-electron chi connectivity index (χ3n) is 3.39. The zero-order valence-corrected chi connectivity index (χ0v) is 16.3. The van der Waals surface area contributed by atoms with Gasteiger partial charge in [0.2, 0.25) is 0 Å². The van der Waals surface area contributed by atoms with Gasteiger partial charge in [0.1, 0.15) is 5.03 Å². The van der Waals surface area contributed by atoms with Crippen molar-refractivity contribution in [1.82, 2.24) is 25.2 Å². The second-order valence-corrected chi connectivity index (χ2v) is 7.52. The Morgan fingerprint density at radius 3 is 2.48 bits per heavy atom. The van der Waals surface area contributed by atoms with Gasteiger partial charge in [-0.25, -0.2) is 9.67 Å². The lowest BCUT2D eigenvalue weighted by Gasteiger charge is -2.09. The number of tetrazole rings is 1. The number of rotatable bonds is 5. The second kappa shape index (κ2) is 8.22. The Labute approximate surface area is 170 Å². The van der Waals surface area contributed by atoms with E-state index in [9.17, 15) is 13.2 Å². The van der Waals surface area contributed by atoms with Crippen molar-refractivity contribution in [2.75, 3.05) is 5.75 Å². The van der Waals surface area contributed by atoms with Gasteiger partial charge < -0.3 is 0 Å². The lowest BCUT2D eigenvalue weighted by atomic mass is 10.2. The van der Waals surface area contributed by atoms with E-state index in [1.807, 2.05) is 0 Å². The maximum absolute atomic E-state index is 12.6. The number of alkyl halides is 3. The third-order valence-corrected chi connectivity index (χ3v) is 5.51. The Hall–Kier alpha value is -1.55. The summed E-state index contributed by atoms with van der Waals surface area (Å²) in [5.74, 6) is 0.929. The number of nitrogens with zero attached hydrogens (tertiary/aromatic N) is 5. The average molecular weight is 455 g/mol. The van der Waals surface area contributed by atoms with Crippen molar-refractivity contribution in [1.29, 1.82) is 0 Å². The summed E-state index contributed by atoms with van der Waals surface area (Å²) in [7, 11) is 0. The molecule has 0 N–H and O–H groups in total. The molecule has 0 aliphatic rings. The van der Waals surface area contributed by atoms with Crippen LogP contribution in [0.3, 0.4) is 0 Å². The number of thioether (sulfide) groups is 1. The zero-order chi connectivity index (χ0) is 19.6. The lowest BCUT2D eigenvalue weighted by Crippen LogP contribution is -2.07. The van der Waals surface area contributed by atoms with Crippen LogP contribution in [-0.4, -0.2) is 30.9 Å². The summed E-state index contributed by atoms with van der Waals surface area (Å²) >= 11 is 19.0. The predicted molar refractivity (Wildman–Crippen MR) is 98.2 cm³/mol. The van der Waals surface area contributed by atoms with E-state index in [2.05, 4.69) is 20.5 Å². The highest BCUT2D eigenvalue weighted by atomic mass is 35.5. The van der Waals surface area contributed by atoms with Crippen LogP contribution in [-0.2, 0) is 12.7 Å². The predicted octanol–water partition coefficient (Wildman–Crippen LogP) is 5.51. The zero-order valence-electron chi connectivity index (χ0n) is 13.2. The van der Waals surface area contributed by atoms with Crippen molar-refractivity contribution >= 4 is 46.6 Å². The smallest absolute Gasteiger partial charge is 0.248 e. The fourth-order valence-electron chi connectivity index (χ4n) is 2.11. The van der Waals surface area contributed by atoms with Crippen molar-refractivity contribution in [3.05, 3.63) is 51.1 Å². The highest BCUT2D eigenvalue weighted by Gasteiger charge is 2.31. The molecule has 0 amide bonds. The Bertz CT molecular complexity index is 964. The van der Waals surface area contributed by atoms with Gasteiger partial charge in [-0.3, -0.25) is 0 Å². The van der Waals surface area contributed by atoms with E-state index in [1.165, 1.54) is 11.8 Å². The first-order valence-corrected chi connectivity index (χ1v) is 9.45. The van der Waals surface area contributed by atoms with Crippen molar-refractivity contribution in [3.63, 3.8) is 0 Å². The van der Waals surface area contributed by atoms with Crippen molar-refractivity contribution in [2.24, 2.45) is 0 Å². The van der Waals surface area contributed by atoms with E-state index < -0.39 is 11.7 Å². The molecule has 2 heterocycles. The van der Waals surface area contributed by atoms with E-state index in [0.717, 1.165) is 12.3 Å². The molecule has 27 heavy (non-hydrogen) atoms. The van der Waals surface area contributed by atoms with Crippen LogP contribution < -0.4 is 0 Å². The van der Waals surface area contributed by atoms with Gasteiger partial charge in [-0.15, -0.1) is 16.9 Å². The van der Waals surface area contributed by atoms with E-state index in [-0.39, 0.29) is 5.02 Å². The number of benzene rings is 1. The molecule has 0 unspecified atom stereocenters. The summed E-state index contributed by atoms with van der Waals surface area (Å²) in [6.45, 7) is 0.381. The molecule has 5 nitrogen and oxygen atoms in total. The molecule has 0 radical (unpaired) electrons. The number of pyridine rings is 1. The van der Waals surface area contributed by atoms with Gasteiger partial charge in [-0.2, -0.15) is 13.2 Å². The number of hydrogen-bond acceptors (Lipinski definition) is 5. The molecular formula is C15H9Cl3F3N5S. The molecule has 0 saturated carbocycles. The SMILES string of the molecule is FC(F)(F)c1cnc(SCCn2nnnc2-c2ccc(Cl)c(Cl)c2)c(Cl)c1. The largest absolute Gasteiger partial charge is 0.417 e. The summed E-state index contributed by atoms with van der Waals surface area (Å²) in [5, 5.41) is 12.5. The van der Waals surface area contributed by atoms with Crippen LogP contribution in [0, 0.1) is 0 Å². The first-order valence-electron chi connectivity index (χ1n) is 7.33. The minimum absolute atomic E-state index is 0.0590. The number of aromatic nitrogens is 5. The standard InChI is InChI=1S/C15H9Cl3F3N5S/c16-10-2-1-8(5-11(10)17)13-23-24-25-26(13)3-4-27-14-12(18)6-9(7-22-14)15(19,20)21/h1-2,5-7H,3-4H2. The van der Waals surface area contributed by atoms with E-state index >= 15 is 0 Å². The molecule has 3 rings (SSSR count). The minimum atomic E-state index is -4.49. The fraction of sp³-hybridized carbons (Fsp3) is 0.200. The van der Waals surface area contributed by atoms with Crippen molar-refractivity contribution < 1.29 is 13.2 Å². The molecule has 0 aliphatic carbocycles. The summed E-state index contributed by atoms with van der Waals surface area (Å²) in [5.41, 5.74) is -0.204. The molecule has 0 saturated heterocycles. The lowest BCUT2D eigenvalue weighted by molar-refractivity contribution is -0.137. The first kappa shape index (κ1) is 20.2. The van der Waals surface area contributed by atoms with Gasteiger partial charge in [-0.05, 0) is 34.7 Å². The molecule has 142 valence electrons. The Balaban J connectivity index is 1.69. The Morgan fingerprint density at radius 1 is 1.04 bits per heavy atom. The third kappa shape index (κ3) is 4.84.